The van der Waals surface area contributed by atoms with Gasteiger partial charge in [-0.25, -0.2) is 9.18 Å². The van der Waals surface area contributed by atoms with E-state index in [1.165, 1.54) is 12.1 Å². The first-order valence-corrected chi connectivity index (χ1v) is 6.82. The first-order valence-electron chi connectivity index (χ1n) is 6.44. The monoisotopic (exact) mass is 321 g/mol. The maximum absolute atomic E-state index is 12.7. The number of halogens is 2. The zero-order valence-corrected chi connectivity index (χ0v) is 12.5. The van der Waals surface area contributed by atoms with Crippen LogP contribution in [0, 0.1) is 12.7 Å². The number of aryl methyl sites for hydroxylation is 1. The van der Waals surface area contributed by atoms with E-state index in [9.17, 15) is 14.0 Å². The lowest BCUT2D eigenvalue weighted by Crippen LogP contribution is -2.21. The van der Waals surface area contributed by atoms with Crippen molar-refractivity contribution in [2.24, 2.45) is 0 Å². The number of ether oxygens (including phenoxy) is 1. The van der Waals surface area contributed by atoms with Gasteiger partial charge in [0.1, 0.15) is 5.82 Å². The lowest BCUT2D eigenvalue weighted by Gasteiger charge is -2.09. The van der Waals surface area contributed by atoms with E-state index in [-0.39, 0.29) is 5.56 Å². The van der Waals surface area contributed by atoms with Gasteiger partial charge in [0.25, 0.3) is 5.91 Å². The zero-order valence-electron chi connectivity index (χ0n) is 11.7. The summed E-state index contributed by atoms with van der Waals surface area (Å²) < 4.78 is 17.6. The van der Waals surface area contributed by atoms with Crippen molar-refractivity contribution in [3.8, 4) is 0 Å². The van der Waals surface area contributed by atoms with Crippen LogP contribution in [0.3, 0.4) is 0 Å². The van der Waals surface area contributed by atoms with Crippen LogP contribution >= 0.6 is 11.6 Å². The Morgan fingerprint density at radius 2 is 1.86 bits per heavy atom. The van der Waals surface area contributed by atoms with Crippen molar-refractivity contribution in [3.63, 3.8) is 0 Å². The normalized spacial score (nSPS) is 10.1. The molecule has 2 aromatic rings. The fraction of sp³-hybridized carbons (Fsp3) is 0.125. The zero-order chi connectivity index (χ0) is 16.1. The topological polar surface area (TPSA) is 55.4 Å². The first kappa shape index (κ1) is 16.0. The fourth-order valence-corrected chi connectivity index (χ4v) is 1.98. The van der Waals surface area contributed by atoms with E-state index < -0.39 is 24.3 Å². The number of amides is 1. The average Bonchev–Trinajstić information content (AvgIpc) is 2.48. The Labute approximate surface area is 131 Å². The van der Waals surface area contributed by atoms with E-state index in [2.05, 4.69) is 5.32 Å². The molecular formula is C16H13ClFNO3. The third-order valence-electron chi connectivity index (χ3n) is 2.88. The molecule has 0 aliphatic rings. The van der Waals surface area contributed by atoms with Crippen LogP contribution in [0.5, 0.6) is 0 Å². The molecule has 114 valence electrons. The van der Waals surface area contributed by atoms with Gasteiger partial charge < -0.3 is 10.1 Å². The van der Waals surface area contributed by atoms with Gasteiger partial charge in [-0.3, -0.25) is 4.79 Å². The Hall–Kier alpha value is -2.40. The van der Waals surface area contributed by atoms with Crippen LogP contribution in [0.15, 0.2) is 42.5 Å². The second-order valence-electron chi connectivity index (χ2n) is 4.59. The molecule has 6 heteroatoms. The number of esters is 1. The van der Waals surface area contributed by atoms with E-state index in [0.29, 0.717) is 10.7 Å². The van der Waals surface area contributed by atoms with Crippen LogP contribution in [0.25, 0.3) is 0 Å². The highest BCUT2D eigenvalue weighted by molar-refractivity contribution is 6.30. The van der Waals surface area contributed by atoms with Crippen molar-refractivity contribution in [2.45, 2.75) is 6.92 Å². The first-order chi connectivity index (χ1) is 10.5. The number of benzene rings is 2. The summed E-state index contributed by atoms with van der Waals surface area (Å²) in [6.45, 7) is 1.37. The summed E-state index contributed by atoms with van der Waals surface area (Å²) in [5.41, 5.74) is 1.56. The maximum atomic E-state index is 12.7. The summed E-state index contributed by atoms with van der Waals surface area (Å²) in [5.74, 6) is -1.61. The molecule has 0 saturated carbocycles. The van der Waals surface area contributed by atoms with E-state index >= 15 is 0 Å². The van der Waals surface area contributed by atoms with Gasteiger partial charge in [0.05, 0.1) is 5.56 Å². The van der Waals surface area contributed by atoms with Gasteiger partial charge in [0.2, 0.25) is 0 Å². The molecule has 0 saturated heterocycles. The molecule has 0 aliphatic carbocycles. The van der Waals surface area contributed by atoms with Crippen LogP contribution in [0.4, 0.5) is 10.1 Å². The van der Waals surface area contributed by atoms with Crippen LogP contribution < -0.4 is 5.32 Å². The molecule has 0 aliphatic heterocycles. The highest BCUT2D eigenvalue weighted by Gasteiger charge is 2.11. The van der Waals surface area contributed by atoms with Crippen LogP contribution in [-0.4, -0.2) is 18.5 Å². The maximum Gasteiger partial charge on any atom is 0.338 e. The lowest BCUT2D eigenvalue weighted by atomic mass is 10.2. The van der Waals surface area contributed by atoms with Gasteiger partial charge >= 0.3 is 5.97 Å². The number of hydrogen-bond donors (Lipinski definition) is 1. The molecule has 22 heavy (non-hydrogen) atoms. The molecule has 0 atom stereocenters. The summed E-state index contributed by atoms with van der Waals surface area (Å²) in [7, 11) is 0. The summed E-state index contributed by atoms with van der Waals surface area (Å²) in [5, 5.41) is 3.19. The predicted molar refractivity (Wildman–Crippen MR) is 81.5 cm³/mol. The standard InChI is InChI=1S/C16H13ClFNO3/c1-10-8-12(17)4-7-14(10)19-15(20)9-22-16(21)11-2-5-13(18)6-3-11/h2-8H,9H2,1H3,(H,19,20). The third-order valence-corrected chi connectivity index (χ3v) is 3.11. The number of anilines is 1. The third kappa shape index (κ3) is 4.30. The molecular weight excluding hydrogens is 309 g/mol. The summed E-state index contributed by atoms with van der Waals surface area (Å²) in [6.07, 6.45) is 0. The molecule has 0 fully saturated rings. The second kappa shape index (κ2) is 7.04. The molecule has 0 heterocycles. The number of carbonyl (C=O) groups excluding carboxylic acids is 2. The van der Waals surface area contributed by atoms with Crippen molar-refractivity contribution >= 4 is 29.2 Å². The molecule has 1 N–H and O–H groups in total. The van der Waals surface area contributed by atoms with Crippen LogP contribution in [0.2, 0.25) is 5.02 Å². The molecule has 4 nitrogen and oxygen atoms in total. The minimum atomic E-state index is -0.692. The summed E-state index contributed by atoms with van der Waals surface area (Å²) in [6, 6.07) is 9.90. The van der Waals surface area contributed by atoms with E-state index in [1.54, 1.807) is 25.1 Å². The molecule has 0 spiro atoms. The van der Waals surface area contributed by atoms with Crippen LogP contribution in [0.1, 0.15) is 15.9 Å². The molecule has 0 unspecified atom stereocenters. The number of rotatable bonds is 4. The van der Waals surface area contributed by atoms with E-state index in [1.807, 2.05) is 0 Å². The summed E-state index contributed by atoms with van der Waals surface area (Å²) in [4.78, 5) is 23.4. The van der Waals surface area contributed by atoms with Gasteiger partial charge in [-0.1, -0.05) is 11.6 Å². The predicted octanol–water partition coefficient (Wildman–Crippen LogP) is 3.58. The van der Waals surface area contributed by atoms with E-state index in [0.717, 1.165) is 17.7 Å². The van der Waals surface area contributed by atoms with Gasteiger partial charge in [-0.05, 0) is 55.0 Å². The largest absolute Gasteiger partial charge is 0.452 e. The second-order valence-corrected chi connectivity index (χ2v) is 5.03. The Morgan fingerprint density at radius 1 is 1.18 bits per heavy atom. The van der Waals surface area contributed by atoms with Crippen molar-refractivity contribution in [1.29, 1.82) is 0 Å². The minimum absolute atomic E-state index is 0.178. The molecule has 2 aromatic carbocycles. The van der Waals surface area contributed by atoms with Gasteiger partial charge in [-0.2, -0.15) is 0 Å². The fourth-order valence-electron chi connectivity index (χ4n) is 1.75. The van der Waals surface area contributed by atoms with Crippen molar-refractivity contribution in [1.82, 2.24) is 0 Å². The Kier molecular flexibility index (Phi) is 5.12. The average molecular weight is 322 g/mol. The highest BCUT2D eigenvalue weighted by atomic mass is 35.5. The number of carbonyl (C=O) groups is 2. The molecule has 2 rings (SSSR count). The lowest BCUT2D eigenvalue weighted by molar-refractivity contribution is -0.119. The quantitative estimate of drug-likeness (QED) is 0.876. The number of nitrogens with one attached hydrogen (secondary N) is 1. The van der Waals surface area contributed by atoms with Crippen LogP contribution in [-0.2, 0) is 9.53 Å². The minimum Gasteiger partial charge on any atom is -0.452 e. The van der Waals surface area contributed by atoms with Gasteiger partial charge in [-0.15, -0.1) is 0 Å². The Balaban J connectivity index is 1.89. The smallest absolute Gasteiger partial charge is 0.338 e. The Bertz CT molecular complexity index is 701. The van der Waals surface area contributed by atoms with Gasteiger partial charge in [0, 0.05) is 10.7 Å². The highest BCUT2D eigenvalue weighted by Crippen LogP contribution is 2.19. The molecule has 0 aromatic heterocycles. The van der Waals surface area contributed by atoms with Crippen molar-refractivity contribution in [2.75, 3.05) is 11.9 Å². The molecule has 0 radical (unpaired) electrons. The van der Waals surface area contributed by atoms with E-state index in [4.69, 9.17) is 16.3 Å². The summed E-state index contributed by atoms with van der Waals surface area (Å²) >= 11 is 5.83. The molecule has 0 bridgehead atoms. The number of hydrogen-bond acceptors (Lipinski definition) is 3. The SMILES string of the molecule is Cc1cc(Cl)ccc1NC(=O)COC(=O)c1ccc(F)cc1. The molecule has 1 amide bonds. The van der Waals surface area contributed by atoms with Gasteiger partial charge in [0.15, 0.2) is 6.61 Å². The van der Waals surface area contributed by atoms with Crippen molar-refractivity contribution in [3.05, 3.63) is 64.4 Å². The van der Waals surface area contributed by atoms with Crippen molar-refractivity contribution < 1.29 is 18.7 Å². The Morgan fingerprint density at radius 3 is 2.50 bits per heavy atom.